The van der Waals surface area contributed by atoms with Gasteiger partial charge < -0.3 is 9.30 Å². The predicted molar refractivity (Wildman–Crippen MR) is 77.7 cm³/mol. The first kappa shape index (κ1) is 13.8. The number of halogens is 2. The molecule has 0 amide bonds. The number of ether oxygens (including phenoxy) is 1. The van der Waals surface area contributed by atoms with Crippen molar-refractivity contribution in [1.82, 2.24) is 9.55 Å². The number of alkyl halides is 1. The average molecular weight is 297 g/mol. The van der Waals surface area contributed by atoms with Crippen LogP contribution in [0.1, 0.15) is 37.2 Å². The molecule has 0 aliphatic carbocycles. The molecule has 0 N–H and O–H groups in total. The molecule has 1 aromatic carbocycles. The molecular weight excluding hydrogens is 279 g/mol. The summed E-state index contributed by atoms with van der Waals surface area (Å²) in [5.74, 6) is 0.856. The van der Waals surface area contributed by atoms with E-state index in [4.69, 9.17) is 16.3 Å². The molecule has 2 unspecified atom stereocenters. The van der Waals surface area contributed by atoms with Crippen LogP contribution in [0.4, 0.5) is 4.39 Å². The number of aryl methyl sites for hydroxylation is 1. The number of rotatable bonds is 3. The Hall–Kier alpha value is -1.13. The predicted octanol–water partition coefficient (Wildman–Crippen LogP) is 3.96. The smallest absolute Gasteiger partial charge is 0.128 e. The molecule has 2 heterocycles. The van der Waals surface area contributed by atoms with Gasteiger partial charge in [-0.1, -0.05) is 0 Å². The molecule has 1 saturated heterocycles. The first-order valence-electron chi connectivity index (χ1n) is 6.96. The van der Waals surface area contributed by atoms with Crippen molar-refractivity contribution in [3.63, 3.8) is 0 Å². The van der Waals surface area contributed by atoms with E-state index in [1.54, 1.807) is 6.92 Å². The van der Waals surface area contributed by atoms with Crippen LogP contribution >= 0.6 is 11.6 Å². The minimum absolute atomic E-state index is 0.154. The van der Waals surface area contributed by atoms with Gasteiger partial charge in [-0.25, -0.2) is 9.37 Å². The number of aromatic nitrogens is 2. The van der Waals surface area contributed by atoms with Crippen LogP contribution in [-0.4, -0.2) is 22.3 Å². The second kappa shape index (κ2) is 5.34. The zero-order valence-corrected chi connectivity index (χ0v) is 12.5. The Bertz CT molecular complexity index is 634. The summed E-state index contributed by atoms with van der Waals surface area (Å²) in [4.78, 5) is 4.46. The lowest BCUT2D eigenvalue weighted by atomic mass is 10.1. The molecule has 1 aromatic heterocycles. The molecule has 1 aliphatic heterocycles. The van der Waals surface area contributed by atoms with Crippen molar-refractivity contribution in [1.29, 1.82) is 0 Å². The fourth-order valence-corrected chi connectivity index (χ4v) is 3.16. The van der Waals surface area contributed by atoms with Gasteiger partial charge in [-0.2, -0.15) is 0 Å². The Labute approximate surface area is 122 Å². The molecule has 2 aromatic rings. The maximum atomic E-state index is 13.7. The first-order chi connectivity index (χ1) is 9.61. The molecule has 1 fully saturated rings. The van der Waals surface area contributed by atoms with Crippen molar-refractivity contribution in [3.05, 3.63) is 29.3 Å². The number of hydrogen-bond donors (Lipinski definition) is 0. The maximum absolute atomic E-state index is 13.7. The summed E-state index contributed by atoms with van der Waals surface area (Å²) < 4.78 is 21.6. The van der Waals surface area contributed by atoms with E-state index in [2.05, 4.69) is 16.5 Å². The highest BCUT2D eigenvalue weighted by atomic mass is 35.5. The Morgan fingerprint density at radius 1 is 1.55 bits per heavy atom. The van der Waals surface area contributed by atoms with Gasteiger partial charge in [0.05, 0.1) is 29.1 Å². The highest BCUT2D eigenvalue weighted by molar-refractivity contribution is 6.16. The minimum atomic E-state index is -0.229. The van der Waals surface area contributed by atoms with E-state index >= 15 is 0 Å². The van der Waals surface area contributed by atoms with Crippen LogP contribution in [0.15, 0.2) is 12.1 Å². The van der Waals surface area contributed by atoms with E-state index in [1.165, 1.54) is 6.07 Å². The first-order valence-corrected chi connectivity index (χ1v) is 7.49. The van der Waals surface area contributed by atoms with Crippen molar-refractivity contribution in [2.45, 2.75) is 44.7 Å². The Balaban J connectivity index is 2.13. The lowest BCUT2D eigenvalue weighted by Crippen LogP contribution is -2.22. The lowest BCUT2D eigenvalue weighted by Gasteiger charge is -2.22. The zero-order valence-electron chi connectivity index (χ0n) is 11.7. The summed E-state index contributed by atoms with van der Waals surface area (Å²) >= 11 is 6.02. The lowest BCUT2D eigenvalue weighted by molar-refractivity contribution is 0.0738. The highest BCUT2D eigenvalue weighted by Crippen LogP contribution is 2.30. The van der Waals surface area contributed by atoms with Gasteiger partial charge in [0.2, 0.25) is 0 Å². The number of nitrogens with zero attached hydrogens (tertiary/aromatic N) is 2. The van der Waals surface area contributed by atoms with Crippen LogP contribution in [-0.2, 0) is 10.6 Å². The summed E-state index contributed by atoms with van der Waals surface area (Å²) in [5, 5.41) is 0. The number of fused-ring (bicyclic) bond motifs is 1. The molecule has 0 spiro atoms. The fourth-order valence-electron chi connectivity index (χ4n) is 2.97. The van der Waals surface area contributed by atoms with Crippen molar-refractivity contribution >= 4 is 22.6 Å². The molecule has 0 bridgehead atoms. The summed E-state index contributed by atoms with van der Waals surface area (Å²) in [6, 6.07) is 3.49. The Morgan fingerprint density at radius 3 is 3.00 bits per heavy atom. The zero-order chi connectivity index (χ0) is 14.3. The third-order valence-corrected chi connectivity index (χ3v) is 4.31. The van der Waals surface area contributed by atoms with E-state index < -0.39 is 0 Å². The molecular formula is C15H18ClFN2O. The third-order valence-electron chi connectivity index (χ3n) is 4.07. The number of benzene rings is 1. The second-order valence-electron chi connectivity index (χ2n) is 5.41. The minimum Gasteiger partial charge on any atom is -0.376 e. The molecule has 20 heavy (non-hydrogen) atoms. The van der Waals surface area contributed by atoms with E-state index in [1.807, 2.05) is 6.07 Å². The third kappa shape index (κ3) is 2.21. The van der Waals surface area contributed by atoms with E-state index in [-0.39, 0.29) is 18.0 Å². The highest BCUT2D eigenvalue weighted by Gasteiger charge is 2.27. The summed E-state index contributed by atoms with van der Waals surface area (Å²) in [5.41, 5.74) is 2.22. The largest absolute Gasteiger partial charge is 0.376 e. The Kier molecular flexibility index (Phi) is 3.69. The van der Waals surface area contributed by atoms with Crippen LogP contribution in [0.25, 0.3) is 11.0 Å². The average Bonchev–Trinajstić information content (AvgIpc) is 3.06. The molecule has 2 atom stereocenters. The van der Waals surface area contributed by atoms with E-state index in [0.717, 1.165) is 30.8 Å². The van der Waals surface area contributed by atoms with Crippen LogP contribution in [0.2, 0.25) is 0 Å². The van der Waals surface area contributed by atoms with E-state index in [0.29, 0.717) is 17.0 Å². The Morgan fingerprint density at radius 2 is 2.35 bits per heavy atom. The van der Waals surface area contributed by atoms with Gasteiger partial charge in [-0.3, -0.25) is 0 Å². The van der Waals surface area contributed by atoms with Gasteiger partial charge in [0.25, 0.3) is 0 Å². The molecule has 108 valence electrons. The fraction of sp³-hybridized carbons (Fsp3) is 0.533. The molecule has 0 saturated carbocycles. The van der Waals surface area contributed by atoms with Crippen LogP contribution in [0.3, 0.4) is 0 Å². The molecule has 0 radical (unpaired) electrons. The SMILES string of the molecule is Cc1cc2c(cc1F)nc(CCl)n2C(C)C1CCCO1. The van der Waals surface area contributed by atoms with Gasteiger partial charge >= 0.3 is 0 Å². The second-order valence-corrected chi connectivity index (χ2v) is 5.68. The maximum Gasteiger partial charge on any atom is 0.128 e. The summed E-state index contributed by atoms with van der Waals surface area (Å²) in [6.45, 7) is 4.70. The molecule has 1 aliphatic rings. The van der Waals surface area contributed by atoms with Gasteiger partial charge in [-0.05, 0) is 38.3 Å². The molecule has 5 heteroatoms. The van der Waals surface area contributed by atoms with Gasteiger partial charge in [-0.15, -0.1) is 11.6 Å². The van der Waals surface area contributed by atoms with Crippen molar-refractivity contribution < 1.29 is 9.13 Å². The van der Waals surface area contributed by atoms with Crippen LogP contribution < -0.4 is 0 Å². The molecule has 3 rings (SSSR count). The van der Waals surface area contributed by atoms with Gasteiger partial charge in [0.15, 0.2) is 0 Å². The quantitative estimate of drug-likeness (QED) is 0.802. The monoisotopic (exact) mass is 296 g/mol. The standard InChI is InChI=1S/C15H18ClFN2O/c1-9-6-13-12(7-11(9)17)18-15(8-16)19(13)10(2)14-4-3-5-20-14/h6-7,10,14H,3-5,8H2,1-2H3. The summed E-state index contributed by atoms with van der Waals surface area (Å²) in [7, 11) is 0. The number of imidazole rings is 1. The van der Waals surface area contributed by atoms with Crippen LogP contribution in [0, 0.1) is 12.7 Å². The molecule has 3 nitrogen and oxygen atoms in total. The van der Waals surface area contributed by atoms with Crippen LogP contribution in [0.5, 0.6) is 0 Å². The van der Waals surface area contributed by atoms with Crippen molar-refractivity contribution in [2.24, 2.45) is 0 Å². The van der Waals surface area contributed by atoms with Gasteiger partial charge in [0.1, 0.15) is 11.6 Å². The topological polar surface area (TPSA) is 27.1 Å². The summed E-state index contributed by atoms with van der Waals surface area (Å²) in [6.07, 6.45) is 2.31. The van der Waals surface area contributed by atoms with Crippen molar-refractivity contribution in [2.75, 3.05) is 6.61 Å². The van der Waals surface area contributed by atoms with Gasteiger partial charge in [0, 0.05) is 12.7 Å². The van der Waals surface area contributed by atoms with E-state index in [9.17, 15) is 4.39 Å². The normalized spacial score (nSPS) is 20.7. The number of hydrogen-bond acceptors (Lipinski definition) is 2. The van der Waals surface area contributed by atoms with Crippen molar-refractivity contribution in [3.8, 4) is 0 Å².